The first kappa shape index (κ1) is 16.2. The Morgan fingerprint density at radius 1 is 1.32 bits per heavy atom. The van der Waals surface area contributed by atoms with Gasteiger partial charge in [-0.1, -0.05) is 6.07 Å². The maximum absolute atomic E-state index is 11.7. The second kappa shape index (κ2) is 8.31. The lowest BCUT2D eigenvalue weighted by molar-refractivity contribution is -0.115. The first-order chi connectivity index (χ1) is 10.7. The number of anilines is 1. The molecule has 1 aromatic heterocycles. The molecule has 2 aromatic rings. The fourth-order valence-electron chi connectivity index (χ4n) is 1.66. The van der Waals surface area contributed by atoms with Crippen LogP contribution in [0.25, 0.3) is 6.08 Å². The van der Waals surface area contributed by atoms with Crippen LogP contribution in [0.3, 0.4) is 0 Å². The molecule has 0 aliphatic rings. The third-order valence-corrected chi connectivity index (χ3v) is 3.64. The largest absolute Gasteiger partial charge is 0.494 e. The van der Waals surface area contributed by atoms with Gasteiger partial charge in [-0.3, -0.25) is 10.1 Å². The molecule has 0 saturated heterocycles. The van der Waals surface area contributed by atoms with Crippen molar-refractivity contribution in [1.82, 2.24) is 5.32 Å². The van der Waals surface area contributed by atoms with Gasteiger partial charge in [0.1, 0.15) is 5.75 Å². The number of hydrogen-bond donors (Lipinski definition) is 2. The summed E-state index contributed by atoms with van der Waals surface area (Å²) >= 11 is 6.67. The van der Waals surface area contributed by atoms with E-state index in [1.165, 1.54) is 6.08 Å². The molecule has 2 N–H and O–H groups in total. The van der Waals surface area contributed by atoms with E-state index < -0.39 is 0 Å². The van der Waals surface area contributed by atoms with Crippen LogP contribution < -0.4 is 15.4 Å². The predicted octanol–water partition coefficient (Wildman–Crippen LogP) is 3.67. The summed E-state index contributed by atoms with van der Waals surface area (Å²) in [5.41, 5.74) is 0.788. The Balaban J connectivity index is 1.83. The van der Waals surface area contributed by atoms with Crippen LogP contribution in [-0.4, -0.2) is 17.6 Å². The Labute approximate surface area is 138 Å². The van der Waals surface area contributed by atoms with Crippen LogP contribution in [0.1, 0.15) is 11.8 Å². The van der Waals surface area contributed by atoms with Crippen molar-refractivity contribution in [3.8, 4) is 5.75 Å². The Morgan fingerprint density at radius 3 is 2.73 bits per heavy atom. The van der Waals surface area contributed by atoms with E-state index in [1.54, 1.807) is 17.4 Å². The van der Waals surface area contributed by atoms with Gasteiger partial charge in [0.2, 0.25) is 5.91 Å². The number of thiophene rings is 1. The zero-order valence-corrected chi connectivity index (χ0v) is 13.7. The second-order valence-corrected chi connectivity index (χ2v) is 5.64. The standard InChI is InChI=1S/C16H16N2O2S2/c1-2-20-13-7-5-12(6-8-13)17-16(21)18-15(19)10-9-14-4-3-11-22-14/h3-11H,2H2,1H3,(H2,17,18,19,21)/b10-9+. The van der Waals surface area contributed by atoms with Gasteiger partial charge in [0.15, 0.2) is 5.11 Å². The summed E-state index contributed by atoms with van der Waals surface area (Å²) in [7, 11) is 0. The third kappa shape index (κ3) is 5.31. The number of thiocarbonyl (C=S) groups is 1. The summed E-state index contributed by atoms with van der Waals surface area (Å²) in [6.45, 7) is 2.55. The van der Waals surface area contributed by atoms with Gasteiger partial charge in [-0.25, -0.2) is 0 Å². The molecule has 0 spiro atoms. The Kier molecular flexibility index (Phi) is 6.12. The Bertz CT molecular complexity index is 649. The highest BCUT2D eigenvalue weighted by molar-refractivity contribution is 7.80. The van der Waals surface area contributed by atoms with Crippen LogP contribution in [-0.2, 0) is 4.79 Å². The van der Waals surface area contributed by atoms with E-state index in [0.717, 1.165) is 16.3 Å². The summed E-state index contributed by atoms with van der Waals surface area (Å²) in [6.07, 6.45) is 3.21. The number of nitrogens with one attached hydrogen (secondary N) is 2. The highest BCUT2D eigenvalue weighted by Crippen LogP contribution is 2.15. The monoisotopic (exact) mass is 332 g/mol. The molecule has 0 unspecified atom stereocenters. The van der Waals surface area contributed by atoms with Gasteiger partial charge >= 0.3 is 0 Å². The average molecular weight is 332 g/mol. The van der Waals surface area contributed by atoms with Crippen molar-refractivity contribution in [2.45, 2.75) is 6.92 Å². The van der Waals surface area contributed by atoms with Crippen molar-refractivity contribution in [3.63, 3.8) is 0 Å². The first-order valence-electron chi connectivity index (χ1n) is 6.74. The first-order valence-corrected chi connectivity index (χ1v) is 8.02. The SMILES string of the molecule is CCOc1ccc(NC(=S)NC(=O)/C=C/c2cccs2)cc1. The molecule has 0 radical (unpaired) electrons. The number of hydrogen-bond acceptors (Lipinski definition) is 4. The molecule has 0 saturated carbocycles. The lowest BCUT2D eigenvalue weighted by Gasteiger charge is -2.09. The highest BCUT2D eigenvalue weighted by atomic mass is 32.1. The zero-order valence-electron chi connectivity index (χ0n) is 12.0. The average Bonchev–Trinajstić information content (AvgIpc) is 3.01. The van der Waals surface area contributed by atoms with E-state index >= 15 is 0 Å². The minimum absolute atomic E-state index is 0.255. The van der Waals surface area contributed by atoms with Crippen LogP contribution in [0.4, 0.5) is 5.69 Å². The predicted molar refractivity (Wildman–Crippen MR) is 95.3 cm³/mol. The van der Waals surface area contributed by atoms with E-state index in [9.17, 15) is 4.79 Å². The Hall–Kier alpha value is -2.18. The van der Waals surface area contributed by atoms with E-state index in [-0.39, 0.29) is 11.0 Å². The summed E-state index contributed by atoms with van der Waals surface area (Å²) in [6, 6.07) is 11.2. The maximum Gasteiger partial charge on any atom is 0.250 e. The fourth-order valence-corrected chi connectivity index (χ4v) is 2.50. The summed E-state index contributed by atoms with van der Waals surface area (Å²) in [5, 5.41) is 7.76. The number of carbonyl (C=O) groups is 1. The van der Waals surface area contributed by atoms with E-state index in [1.807, 2.05) is 48.7 Å². The molecule has 114 valence electrons. The number of benzene rings is 1. The second-order valence-electron chi connectivity index (χ2n) is 4.25. The van der Waals surface area contributed by atoms with Gasteiger partial charge < -0.3 is 10.1 Å². The summed E-state index contributed by atoms with van der Waals surface area (Å²) in [4.78, 5) is 12.8. The lowest BCUT2D eigenvalue weighted by Crippen LogP contribution is -2.32. The molecule has 0 aliphatic carbocycles. The van der Waals surface area contributed by atoms with Gasteiger partial charge in [0.05, 0.1) is 6.61 Å². The van der Waals surface area contributed by atoms with Crippen molar-refractivity contribution in [1.29, 1.82) is 0 Å². The van der Waals surface area contributed by atoms with Crippen molar-refractivity contribution in [2.24, 2.45) is 0 Å². The normalized spacial score (nSPS) is 10.4. The molecule has 6 heteroatoms. The molecule has 0 atom stereocenters. The van der Waals surface area contributed by atoms with Crippen molar-refractivity contribution in [2.75, 3.05) is 11.9 Å². The molecule has 0 bridgehead atoms. The summed E-state index contributed by atoms with van der Waals surface area (Å²) in [5.74, 6) is 0.527. The number of amides is 1. The van der Waals surface area contributed by atoms with E-state index in [0.29, 0.717) is 6.61 Å². The van der Waals surface area contributed by atoms with E-state index in [2.05, 4.69) is 10.6 Å². The van der Waals surface area contributed by atoms with Crippen LogP contribution in [0.2, 0.25) is 0 Å². The molecule has 22 heavy (non-hydrogen) atoms. The summed E-state index contributed by atoms with van der Waals surface area (Å²) < 4.78 is 5.36. The Morgan fingerprint density at radius 2 is 2.09 bits per heavy atom. The third-order valence-electron chi connectivity index (χ3n) is 2.60. The molecular weight excluding hydrogens is 316 g/mol. The minimum Gasteiger partial charge on any atom is -0.494 e. The molecular formula is C16H16N2O2S2. The smallest absolute Gasteiger partial charge is 0.250 e. The topological polar surface area (TPSA) is 50.4 Å². The van der Waals surface area contributed by atoms with Gasteiger partial charge in [0.25, 0.3) is 0 Å². The van der Waals surface area contributed by atoms with Gasteiger partial charge in [0, 0.05) is 16.6 Å². The van der Waals surface area contributed by atoms with Gasteiger partial charge in [-0.2, -0.15) is 0 Å². The number of rotatable bonds is 5. The minimum atomic E-state index is -0.267. The molecule has 0 fully saturated rings. The van der Waals surface area contributed by atoms with E-state index in [4.69, 9.17) is 17.0 Å². The van der Waals surface area contributed by atoms with Crippen molar-refractivity contribution in [3.05, 3.63) is 52.7 Å². The quantitative estimate of drug-likeness (QED) is 0.648. The molecule has 1 heterocycles. The van der Waals surface area contributed by atoms with Gasteiger partial charge in [-0.15, -0.1) is 11.3 Å². The van der Waals surface area contributed by atoms with Crippen LogP contribution >= 0.6 is 23.6 Å². The molecule has 0 aliphatic heterocycles. The van der Waals surface area contributed by atoms with Gasteiger partial charge in [-0.05, 0) is 60.9 Å². The lowest BCUT2D eigenvalue weighted by atomic mass is 10.3. The zero-order chi connectivity index (χ0) is 15.8. The number of ether oxygens (including phenoxy) is 1. The molecule has 1 amide bonds. The molecule has 4 nitrogen and oxygen atoms in total. The van der Waals surface area contributed by atoms with Crippen LogP contribution in [0.15, 0.2) is 47.9 Å². The maximum atomic E-state index is 11.7. The fraction of sp³-hybridized carbons (Fsp3) is 0.125. The molecule has 2 rings (SSSR count). The van der Waals surface area contributed by atoms with Crippen LogP contribution in [0, 0.1) is 0 Å². The van der Waals surface area contributed by atoms with Crippen molar-refractivity contribution < 1.29 is 9.53 Å². The van der Waals surface area contributed by atoms with Crippen LogP contribution in [0.5, 0.6) is 5.75 Å². The number of carbonyl (C=O) groups excluding carboxylic acids is 1. The highest BCUT2D eigenvalue weighted by Gasteiger charge is 2.02. The molecule has 1 aromatic carbocycles. The van der Waals surface area contributed by atoms with Crippen molar-refractivity contribution >= 4 is 46.3 Å².